The number of isothiocyanates is 1. The quantitative estimate of drug-likeness (QED) is 0.326. The van der Waals surface area contributed by atoms with Gasteiger partial charge in [-0.3, -0.25) is 4.90 Å². The lowest BCUT2D eigenvalue weighted by Gasteiger charge is -2.18. The molecular formula is C8H16N2O2S. The molecule has 2 N–H and O–H groups in total. The van der Waals surface area contributed by atoms with Crippen LogP contribution in [0.5, 0.6) is 0 Å². The first-order chi connectivity index (χ1) is 6.35. The van der Waals surface area contributed by atoms with Crippen molar-refractivity contribution in [1.29, 1.82) is 0 Å². The Labute approximate surface area is 83.9 Å². The van der Waals surface area contributed by atoms with Gasteiger partial charge >= 0.3 is 0 Å². The molecular weight excluding hydrogens is 188 g/mol. The summed E-state index contributed by atoms with van der Waals surface area (Å²) in [6.07, 6.45) is 0.879. The molecule has 0 rings (SSSR count). The van der Waals surface area contributed by atoms with E-state index in [1.807, 2.05) is 4.90 Å². The van der Waals surface area contributed by atoms with Crippen LogP contribution in [0.3, 0.4) is 0 Å². The van der Waals surface area contributed by atoms with E-state index in [-0.39, 0.29) is 13.2 Å². The number of nitrogens with zero attached hydrogens (tertiary/aromatic N) is 2. The molecule has 0 fully saturated rings. The van der Waals surface area contributed by atoms with E-state index in [0.717, 1.165) is 13.0 Å². The predicted molar refractivity (Wildman–Crippen MR) is 55.1 cm³/mol. The maximum absolute atomic E-state index is 8.69. The van der Waals surface area contributed by atoms with Crippen molar-refractivity contribution < 1.29 is 10.2 Å². The van der Waals surface area contributed by atoms with Crippen molar-refractivity contribution in [2.45, 2.75) is 6.42 Å². The minimum absolute atomic E-state index is 0.121. The van der Waals surface area contributed by atoms with Gasteiger partial charge in [-0.1, -0.05) is 0 Å². The molecule has 13 heavy (non-hydrogen) atoms. The van der Waals surface area contributed by atoms with E-state index >= 15 is 0 Å². The average Bonchev–Trinajstić information content (AvgIpc) is 2.13. The zero-order valence-corrected chi connectivity index (χ0v) is 8.46. The number of hydrogen-bond acceptors (Lipinski definition) is 5. The molecule has 0 bridgehead atoms. The summed E-state index contributed by atoms with van der Waals surface area (Å²) in [6, 6.07) is 0. The highest BCUT2D eigenvalue weighted by molar-refractivity contribution is 7.78. The normalized spacial score (nSPS) is 10.1. The van der Waals surface area contributed by atoms with Crippen LogP contribution in [0.15, 0.2) is 4.99 Å². The minimum Gasteiger partial charge on any atom is -0.395 e. The third kappa shape index (κ3) is 8.02. The molecule has 0 saturated heterocycles. The Balaban J connectivity index is 3.48. The summed E-state index contributed by atoms with van der Waals surface area (Å²) in [4.78, 5) is 5.76. The molecule has 0 aliphatic heterocycles. The van der Waals surface area contributed by atoms with Crippen LogP contribution in [0.4, 0.5) is 0 Å². The second-order valence-electron chi connectivity index (χ2n) is 2.62. The lowest BCUT2D eigenvalue weighted by molar-refractivity contribution is 0.160. The molecule has 0 heterocycles. The van der Waals surface area contributed by atoms with Crippen LogP contribution in [-0.4, -0.2) is 59.7 Å². The lowest BCUT2D eigenvalue weighted by Crippen LogP contribution is -2.31. The van der Waals surface area contributed by atoms with Crippen LogP contribution in [0.25, 0.3) is 0 Å². The summed E-state index contributed by atoms with van der Waals surface area (Å²) in [5, 5.41) is 19.7. The summed E-state index contributed by atoms with van der Waals surface area (Å²) in [5.41, 5.74) is 0. The fourth-order valence-corrected chi connectivity index (χ4v) is 1.13. The second-order valence-corrected chi connectivity index (χ2v) is 2.80. The zero-order valence-electron chi connectivity index (χ0n) is 7.65. The summed E-state index contributed by atoms with van der Waals surface area (Å²) < 4.78 is 0. The Morgan fingerprint density at radius 3 is 2.23 bits per heavy atom. The molecule has 0 aromatic rings. The van der Waals surface area contributed by atoms with E-state index in [4.69, 9.17) is 10.2 Å². The summed E-state index contributed by atoms with van der Waals surface area (Å²) in [6.45, 7) is 2.93. The molecule has 0 aromatic heterocycles. The number of hydrogen-bond donors (Lipinski definition) is 2. The van der Waals surface area contributed by atoms with Gasteiger partial charge in [0.2, 0.25) is 0 Å². The van der Waals surface area contributed by atoms with Crippen molar-refractivity contribution in [1.82, 2.24) is 4.90 Å². The average molecular weight is 204 g/mol. The molecule has 5 heteroatoms. The maximum Gasteiger partial charge on any atom is 0.0584 e. The van der Waals surface area contributed by atoms with Crippen LogP contribution in [0.1, 0.15) is 6.42 Å². The first kappa shape index (κ1) is 12.7. The Morgan fingerprint density at radius 1 is 1.15 bits per heavy atom. The molecule has 0 aromatic carbocycles. The fraction of sp³-hybridized carbons (Fsp3) is 0.875. The standard InChI is InChI=1S/C8H16N2O2S/c11-6-4-10(5-7-12)3-1-2-9-8-13/h11-12H,1-7H2. The van der Waals surface area contributed by atoms with E-state index in [2.05, 4.69) is 22.4 Å². The summed E-state index contributed by atoms with van der Waals surface area (Å²) >= 11 is 4.42. The van der Waals surface area contributed by atoms with Gasteiger partial charge in [-0.15, -0.1) is 0 Å². The van der Waals surface area contributed by atoms with E-state index in [1.165, 1.54) is 0 Å². The van der Waals surface area contributed by atoms with Crippen LogP contribution in [0.2, 0.25) is 0 Å². The van der Waals surface area contributed by atoms with Gasteiger partial charge in [0.05, 0.1) is 24.9 Å². The SMILES string of the molecule is OCCN(CCO)CCCN=C=S. The van der Waals surface area contributed by atoms with Gasteiger partial charge in [0.25, 0.3) is 0 Å². The Morgan fingerprint density at radius 2 is 1.77 bits per heavy atom. The fourth-order valence-electron chi connectivity index (χ4n) is 1.04. The molecule has 0 amide bonds. The molecule has 0 aliphatic carbocycles. The zero-order chi connectivity index (χ0) is 9.94. The molecule has 76 valence electrons. The molecule has 0 aliphatic rings. The van der Waals surface area contributed by atoms with Gasteiger partial charge in [0.15, 0.2) is 0 Å². The van der Waals surface area contributed by atoms with Gasteiger partial charge in [-0.2, -0.15) is 0 Å². The van der Waals surface area contributed by atoms with Crippen LogP contribution < -0.4 is 0 Å². The second kappa shape index (κ2) is 9.77. The molecule has 0 saturated carbocycles. The maximum atomic E-state index is 8.69. The van der Waals surface area contributed by atoms with Crippen molar-refractivity contribution in [2.24, 2.45) is 4.99 Å². The van der Waals surface area contributed by atoms with Gasteiger partial charge in [0.1, 0.15) is 0 Å². The highest BCUT2D eigenvalue weighted by atomic mass is 32.1. The predicted octanol–water partition coefficient (Wildman–Crippen LogP) is -0.234. The van der Waals surface area contributed by atoms with Gasteiger partial charge in [-0.25, -0.2) is 4.99 Å². The largest absolute Gasteiger partial charge is 0.395 e. The number of rotatable bonds is 8. The summed E-state index contributed by atoms with van der Waals surface area (Å²) in [7, 11) is 0. The Hall–Kier alpha value is -0.320. The highest BCUT2D eigenvalue weighted by Gasteiger charge is 2.01. The Bertz CT molecular complexity index is 154. The monoisotopic (exact) mass is 204 g/mol. The van der Waals surface area contributed by atoms with Crippen molar-refractivity contribution >= 4 is 17.4 Å². The Kier molecular flexibility index (Phi) is 9.53. The number of thiocarbonyl (C=S) groups is 1. The molecule has 0 radical (unpaired) electrons. The van der Waals surface area contributed by atoms with Crippen molar-refractivity contribution in [2.75, 3.05) is 39.4 Å². The third-order valence-corrected chi connectivity index (χ3v) is 1.77. The third-order valence-electron chi connectivity index (χ3n) is 1.64. The van der Waals surface area contributed by atoms with Crippen molar-refractivity contribution in [3.8, 4) is 0 Å². The van der Waals surface area contributed by atoms with Crippen molar-refractivity contribution in [3.63, 3.8) is 0 Å². The van der Waals surface area contributed by atoms with E-state index < -0.39 is 0 Å². The highest BCUT2D eigenvalue weighted by Crippen LogP contribution is 1.90. The van der Waals surface area contributed by atoms with Gasteiger partial charge in [0, 0.05) is 19.6 Å². The first-order valence-electron chi connectivity index (χ1n) is 4.33. The molecule has 4 nitrogen and oxygen atoms in total. The molecule has 0 spiro atoms. The molecule has 0 unspecified atom stereocenters. The number of aliphatic hydroxyl groups excluding tert-OH is 2. The van der Waals surface area contributed by atoms with E-state index in [9.17, 15) is 0 Å². The summed E-state index contributed by atoms with van der Waals surface area (Å²) in [5.74, 6) is 0. The van der Waals surface area contributed by atoms with Crippen LogP contribution in [0, 0.1) is 0 Å². The number of aliphatic hydroxyl groups is 2. The van der Waals surface area contributed by atoms with E-state index in [0.29, 0.717) is 19.6 Å². The minimum atomic E-state index is 0.121. The lowest BCUT2D eigenvalue weighted by atomic mass is 10.3. The molecule has 0 atom stereocenters. The van der Waals surface area contributed by atoms with Gasteiger partial charge in [-0.05, 0) is 18.6 Å². The van der Waals surface area contributed by atoms with Gasteiger partial charge < -0.3 is 10.2 Å². The van der Waals surface area contributed by atoms with Crippen molar-refractivity contribution in [3.05, 3.63) is 0 Å². The van der Waals surface area contributed by atoms with E-state index in [1.54, 1.807) is 0 Å². The smallest absolute Gasteiger partial charge is 0.0584 e. The number of aliphatic imine (C=N–C) groups is 1. The van der Waals surface area contributed by atoms with Crippen LogP contribution >= 0.6 is 12.2 Å². The van der Waals surface area contributed by atoms with Crippen LogP contribution in [-0.2, 0) is 0 Å². The topological polar surface area (TPSA) is 56.1 Å². The first-order valence-corrected chi connectivity index (χ1v) is 4.73.